The second kappa shape index (κ2) is 13.6. The van der Waals surface area contributed by atoms with Crippen molar-refractivity contribution < 1.29 is 19.1 Å². The first-order chi connectivity index (χ1) is 21.5. The Hall–Kier alpha value is -4.65. The van der Waals surface area contributed by atoms with Crippen molar-refractivity contribution in [3.8, 4) is 0 Å². The van der Waals surface area contributed by atoms with Crippen LogP contribution in [0.1, 0.15) is 68.3 Å². The fraction of sp³-hybridized carbons (Fsp3) is 0.342. The molecular weight excluding hydrogens is 562 g/mol. The van der Waals surface area contributed by atoms with E-state index in [1.54, 1.807) is 25.7 Å². The van der Waals surface area contributed by atoms with E-state index in [2.05, 4.69) is 16.7 Å². The molecule has 3 amide bonds. The number of benzene rings is 4. The normalized spacial score (nSPS) is 14.6. The third-order valence-corrected chi connectivity index (χ3v) is 8.10. The average molecular weight is 606 g/mol. The molecule has 0 aliphatic heterocycles. The highest BCUT2D eigenvalue weighted by Gasteiger charge is 2.42. The Balaban J connectivity index is 1.55. The molecule has 0 aromatic heterocycles. The summed E-state index contributed by atoms with van der Waals surface area (Å²) in [6.07, 6.45) is 2.10. The summed E-state index contributed by atoms with van der Waals surface area (Å²) in [4.78, 5) is 44.0. The van der Waals surface area contributed by atoms with Gasteiger partial charge in [-0.25, -0.2) is 4.79 Å². The molecule has 0 spiro atoms. The van der Waals surface area contributed by atoms with E-state index in [-0.39, 0.29) is 24.3 Å². The molecule has 0 saturated heterocycles. The van der Waals surface area contributed by atoms with Crippen LogP contribution < -0.4 is 10.6 Å². The van der Waals surface area contributed by atoms with E-state index in [9.17, 15) is 14.4 Å². The number of hydrogen-bond acceptors (Lipinski definition) is 4. The minimum atomic E-state index is -0.940. The Morgan fingerprint density at radius 1 is 0.844 bits per heavy atom. The molecule has 2 unspecified atom stereocenters. The zero-order valence-corrected chi connectivity index (χ0v) is 26.8. The van der Waals surface area contributed by atoms with E-state index >= 15 is 0 Å². The van der Waals surface area contributed by atoms with Crippen LogP contribution >= 0.6 is 0 Å². The first-order valence-corrected chi connectivity index (χ1v) is 15.7. The number of carbonyl (C=O) groups is 3. The Bertz CT molecular complexity index is 1650. The molecule has 7 nitrogen and oxygen atoms in total. The summed E-state index contributed by atoms with van der Waals surface area (Å²) in [7, 11) is 0. The van der Waals surface area contributed by atoms with Crippen molar-refractivity contribution in [1.29, 1.82) is 0 Å². The summed E-state index contributed by atoms with van der Waals surface area (Å²) in [5.41, 5.74) is 3.55. The minimum absolute atomic E-state index is 0.149. The van der Waals surface area contributed by atoms with Crippen LogP contribution in [0.3, 0.4) is 0 Å². The molecule has 0 radical (unpaired) electrons. The Morgan fingerprint density at radius 2 is 1.49 bits per heavy atom. The number of hydrogen-bond donors (Lipinski definition) is 2. The number of amides is 3. The van der Waals surface area contributed by atoms with E-state index in [0.29, 0.717) is 5.69 Å². The molecule has 2 atom stereocenters. The van der Waals surface area contributed by atoms with E-state index < -0.39 is 23.8 Å². The molecule has 7 heteroatoms. The summed E-state index contributed by atoms with van der Waals surface area (Å²) in [6, 6.07) is 27.4. The maximum Gasteiger partial charge on any atom is 0.408 e. The number of ether oxygens (including phenoxy) is 1. The molecule has 1 aliphatic carbocycles. The molecule has 45 heavy (non-hydrogen) atoms. The SMILES string of the molecule is Cc1cc(C)cc(C(C(=O)Nc2ccc3ccccc3c2)N(C(=O)C(Cc2ccccc2)NC(=O)OC(C)(C)C)C2CCC2)c1. The summed E-state index contributed by atoms with van der Waals surface area (Å²) < 4.78 is 5.57. The Labute approximate surface area is 266 Å². The van der Waals surface area contributed by atoms with Gasteiger partial charge in [0.1, 0.15) is 17.7 Å². The predicted octanol–water partition coefficient (Wildman–Crippen LogP) is 7.65. The van der Waals surface area contributed by atoms with Crippen molar-refractivity contribution in [2.75, 3.05) is 5.32 Å². The number of aryl methyl sites for hydroxylation is 2. The van der Waals surface area contributed by atoms with Crippen LogP contribution in [0.4, 0.5) is 10.5 Å². The summed E-state index contributed by atoms with van der Waals surface area (Å²) in [5, 5.41) is 8.07. The van der Waals surface area contributed by atoms with E-state index in [1.807, 2.05) is 98.8 Å². The van der Waals surface area contributed by atoms with Crippen molar-refractivity contribution in [3.63, 3.8) is 0 Å². The van der Waals surface area contributed by atoms with Gasteiger partial charge in [-0.3, -0.25) is 9.59 Å². The number of rotatable bonds is 9. The van der Waals surface area contributed by atoms with Crippen LogP contribution in [0, 0.1) is 13.8 Å². The zero-order valence-electron chi connectivity index (χ0n) is 26.8. The van der Waals surface area contributed by atoms with Crippen molar-refractivity contribution in [1.82, 2.24) is 10.2 Å². The third kappa shape index (κ3) is 8.09. The largest absolute Gasteiger partial charge is 0.444 e. The molecule has 5 rings (SSSR count). The van der Waals surface area contributed by atoms with Crippen molar-refractivity contribution in [2.24, 2.45) is 0 Å². The van der Waals surface area contributed by atoms with Crippen LogP contribution in [-0.4, -0.2) is 40.5 Å². The standard InChI is InChI=1S/C38H43N3O4/c1-25-20-26(2)22-30(21-25)34(35(42)39-31-19-18-28-14-9-10-15-29(28)24-31)41(32-16-11-17-32)36(43)33(23-27-12-7-6-8-13-27)40-37(44)45-38(3,4)5/h6-10,12-15,18-22,24,32-34H,11,16-17,23H2,1-5H3,(H,39,42)(H,40,44). The first kappa shape index (κ1) is 31.8. The number of nitrogens with zero attached hydrogens (tertiary/aromatic N) is 1. The lowest BCUT2D eigenvalue weighted by molar-refractivity contribution is -0.145. The summed E-state index contributed by atoms with van der Waals surface area (Å²) >= 11 is 0. The van der Waals surface area contributed by atoms with Crippen LogP contribution in [-0.2, 0) is 20.7 Å². The number of alkyl carbamates (subject to hydrolysis) is 1. The molecule has 234 valence electrons. The lowest BCUT2D eigenvalue weighted by Gasteiger charge is -2.43. The van der Waals surface area contributed by atoms with Crippen molar-refractivity contribution in [2.45, 2.75) is 84.0 Å². The molecule has 1 fully saturated rings. The van der Waals surface area contributed by atoms with Crippen molar-refractivity contribution in [3.05, 3.63) is 113 Å². The molecule has 0 bridgehead atoms. The lowest BCUT2D eigenvalue weighted by atomic mass is 9.87. The van der Waals surface area contributed by atoms with Gasteiger partial charge in [-0.2, -0.15) is 0 Å². The smallest absolute Gasteiger partial charge is 0.408 e. The van der Waals surface area contributed by atoms with E-state index in [4.69, 9.17) is 4.74 Å². The van der Waals surface area contributed by atoms with E-state index in [1.165, 1.54) is 0 Å². The van der Waals surface area contributed by atoms with Crippen LogP contribution in [0.5, 0.6) is 0 Å². The molecule has 1 saturated carbocycles. The van der Waals surface area contributed by atoms with Crippen LogP contribution in [0.25, 0.3) is 10.8 Å². The number of carbonyl (C=O) groups excluding carboxylic acids is 3. The monoisotopic (exact) mass is 605 g/mol. The lowest BCUT2D eigenvalue weighted by Crippen LogP contribution is -2.57. The highest BCUT2D eigenvalue weighted by atomic mass is 16.6. The van der Waals surface area contributed by atoms with Gasteiger partial charge in [0.2, 0.25) is 5.91 Å². The van der Waals surface area contributed by atoms with Crippen LogP contribution in [0.2, 0.25) is 0 Å². The van der Waals surface area contributed by atoms with Gasteiger partial charge in [0.25, 0.3) is 5.91 Å². The minimum Gasteiger partial charge on any atom is -0.444 e. The second-order valence-electron chi connectivity index (χ2n) is 13.1. The number of anilines is 1. The second-order valence-corrected chi connectivity index (χ2v) is 13.1. The predicted molar refractivity (Wildman–Crippen MR) is 179 cm³/mol. The van der Waals surface area contributed by atoms with Gasteiger partial charge in [0.05, 0.1) is 0 Å². The first-order valence-electron chi connectivity index (χ1n) is 15.7. The molecule has 2 N–H and O–H groups in total. The fourth-order valence-corrected chi connectivity index (χ4v) is 5.95. The number of fused-ring (bicyclic) bond motifs is 1. The van der Waals surface area contributed by atoms with Gasteiger partial charge in [0, 0.05) is 18.2 Å². The van der Waals surface area contributed by atoms with Crippen molar-refractivity contribution >= 4 is 34.4 Å². The molecule has 4 aromatic rings. The third-order valence-electron chi connectivity index (χ3n) is 8.10. The average Bonchev–Trinajstić information content (AvgIpc) is 2.94. The molecule has 1 aliphatic rings. The maximum atomic E-state index is 14.8. The molecule has 0 heterocycles. The Morgan fingerprint density at radius 3 is 2.11 bits per heavy atom. The van der Waals surface area contributed by atoms with Gasteiger partial charge in [-0.1, -0.05) is 90.0 Å². The highest BCUT2D eigenvalue weighted by Crippen LogP contribution is 2.35. The van der Waals surface area contributed by atoms with Gasteiger partial charge >= 0.3 is 6.09 Å². The van der Waals surface area contributed by atoms with Gasteiger partial charge in [-0.15, -0.1) is 0 Å². The van der Waals surface area contributed by atoms with Gasteiger partial charge < -0.3 is 20.3 Å². The fourth-order valence-electron chi connectivity index (χ4n) is 5.95. The van der Waals surface area contributed by atoms with Gasteiger partial charge in [-0.05, 0) is 87.9 Å². The van der Waals surface area contributed by atoms with Crippen LogP contribution in [0.15, 0.2) is 91.0 Å². The molecular formula is C38H43N3O4. The maximum absolute atomic E-state index is 14.8. The summed E-state index contributed by atoms with van der Waals surface area (Å²) in [5.74, 6) is -0.613. The van der Waals surface area contributed by atoms with E-state index in [0.717, 1.165) is 52.3 Å². The van der Waals surface area contributed by atoms with Gasteiger partial charge in [0.15, 0.2) is 0 Å². The topological polar surface area (TPSA) is 87.7 Å². The Kier molecular flexibility index (Phi) is 9.57. The number of nitrogens with one attached hydrogen (secondary N) is 2. The summed E-state index contributed by atoms with van der Waals surface area (Å²) in [6.45, 7) is 9.34. The highest BCUT2D eigenvalue weighted by molar-refractivity contribution is 6.00. The quantitative estimate of drug-likeness (QED) is 0.205. The zero-order chi connectivity index (χ0) is 32.1. The molecule has 4 aromatic carbocycles.